The topological polar surface area (TPSA) is 46.2 Å². The van der Waals surface area contributed by atoms with Crippen LogP contribution < -0.4 is 5.32 Å². The molecule has 0 aliphatic carbocycles. The van der Waals surface area contributed by atoms with E-state index in [1.54, 1.807) is 36.4 Å². The van der Waals surface area contributed by atoms with E-state index in [2.05, 4.69) is 11.9 Å². The lowest BCUT2D eigenvalue weighted by Gasteiger charge is -2.07. The first kappa shape index (κ1) is 14.0. The second-order valence-electron chi connectivity index (χ2n) is 4.08. The molecule has 0 aliphatic heterocycles. The van der Waals surface area contributed by atoms with E-state index in [1.165, 1.54) is 6.07 Å². The van der Waals surface area contributed by atoms with E-state index in [0.29, 0.717) is 21.8 Å². The Bertz CT molecular complexity index is 665. The molecule has 0 fully saturated rings. The van der Waals surface area contributed by atoms with E-state index in [-0.39, 0.29) is 11.7 Å². The number of carbonyl (C=O) groups excluding carboxylic acids is 2. The van der Waals surface area contributed by atoms with Crippen molar-refractivity contribution in [3.05, 3.63) is 77.3 Å². The summed E-state index contributed by atoms with van der Waals surface area (Å²) in [6.45, 7) is 3.36. The summed E-state index contributed by atoms with van der Waals surface area (Å²) in [4.78, 5) is 23.4. The zero-order valence-electron chi connectivity index (χ0n) is 10.6. The van der Waals surface area contributed by atoms with Crippen LogP contribution >= 0.6 is 11.6 Å². The molecular weight excluding hydrogens is 274 g/mol. The largest absolute Gasteiger partial charge is 0.321 e. The minimum absolute atomic E-state index is 0.117. The maximum Gasteiger partial charge on any atom is 0.247 e. The first-order valence-corrected chi connectivity index (χ1v) is 6.32. The molecule has 0 aliphatic rings. The Balaban J connectivity index is 2.27. The third-order valence-corrected chi connectivity index (χ3v) is 3.02. The van der Waals surface area contributed by atoms with Crippen LogP contribution in [0.4, 0.5) is 5.69 Å². The summed E-state index contributed by atoms with van der Waals surface area (Å²) in [6, 6.07) is 13.7. The van der Waals surface area contributed by atoms with Crippen LogP contribution in [0.2, 0.25) is 5.02 Å². The number of carbonyl (C=O) groups is 2. The van der Waals surface area contributed by atoms with Crippen molar-refractivity contribution in [3.8, 4) is 0 Å². The Morgan fingerprint density at radius 2 is 1.75 bits per heavy atom. The molecule has 0 aromatic heterocycles. The lowest BCUT2D eigenvalue weighted by molar-refractivity contribution is -0.111. The van der Waals surface area contributed by atoms with Gasteiger partial charge in [-0.2, -0.15) is 0 Å². The van der Waals surface area contributed by atoms with Crippen molar-refractivity contribution in [1.29, 1.82) is 0 Å². The number of benzene rings is 2. The summed E-state index contributed by atoms with van der Waals surface area (Å²) in [5.74, 6) is -0.469. The molecule has 1 N–H and O–H groups in total. The van der Waals surface area contributed by atoms with E-state index in [4.69, 9.17) is 11.6 Å². The minimum Gasteiger partial charge on any atom is -0.321 e. The first-order chi connectivity index (χ1) is 9.61. The van der Waals surface area contributed by atoms with Crippen molar-refractivity contribution >= 4 is 29.0 Å². The average molecular weight is 286 g/mol. The number of halogens is 1. The molecule has 2 aromatic carbocycles. The van der Waals surface area contributed by atoms with Gasteiger partial charge in [0, 0.05) is 11.1 Å². The highest BCUT2D eigenvalue weighted by Crippen LogP contribution is 2.24. The molecule has 2 aromatic rings. The van der Waals surface area contributed by atoms with Crippen molar-refractivity contribution in [2.45, 2.75) is 0 Å². The molecular formula is C16H12ClNO2. The van der Waals surface area contributed by atoms with Crippen molar-refractivity contribution < 1.29 is 9.59 Å². The van der Waals surface area contributed by atoms with Crippen molar-refractivity contribution in [2.24, 2.45) is 0 Å². The smallest absolute Gasteiger partial charge is 0.247 e. The molecule has 0 saturated carbocycles. The molecule has 1 amide bonds. The number of hydrogen-bond donors (Lipinski definition) is 1. The van der Waals surface area contributed by atoms with E-state index >= 15 is 0 Å². The fraction of sp³-hybridized carbons (Fsp3) is 0. The Kier molecular flexibility index (Phi) is 4.33. The number of amides is 1. The quantitative estimate of drug-likeness (QED) is 0.688. The summed E-state index contributed by atoms with van der Waals surface area (Å²) in [5.41, 5.74) is 1.51. The summed E-state index contributed by atoms with van der Waals surface area (Å²) in [7, 11) is 0. The van der Waals surface area contributed by atoms with E-state index in [0.717, 1.165) is 6.08 Å². The molecule has 4 heteroatoms. The molecule has 20 heavy (non-hydrogen) atoms. The molecule has 0 spiro atoms. The van der Waals surface area contributed by atoms with Crippen LogP contribution in [0.25, 0.3) is 0 Å². The number of rotatable bonds is 4. The number of anilines is 1. The zero-order chi connectivity index (χ0) is 14.5. The second kappa shape index (κ2) is 6.17. The SMILES string of the molecule is C=CC(=O)Nc1ccc(C(=O)c2ccccc2)cc1Cl. The van der Waals surface area contributed by atoms with Crippen LogP contribution in [-0.2, 0) is 4.79 Å². The summed E-state index contributed by atoms with van der Waals surface area (Å²) in [5, 5.41) is 2.87. The highest BCUT2D eigenvalue weighted by Gasteiger charge is 2.11. The van der Waals surface area contributed by atoms with Gasteiger partial charge in [0.2, 0.25) is 5.91 Å². The second-order valence-corrected chi connectivity index (χ2v) is 4.49. The zero-order valence-corrected chi connectivity index (χ0v) is 11.4. The lowest BCUT2D eigenvalue weighted by atomic mass is 10.0. The van der Waals surface area contributed by atoms with Gasteiger partial charge < -0.3 is 5.32 Å². The number of ketones is 1. The van der Waals surface area contributed by atoms with Gasteiger partial charge in [-0.25, -0.2) is 0 Å². The molecule has 0 heterocycles. The Morgan fingerprint density at radius 3 is 2.35 bits per heavy atom. The highest BCUT2D eigenvalue weighted by molar-refractivity contribution is 6.34. The monoisotopic (exact) mass is 285 g/mol. The Labute approximate surface area is 121 Å². The highest BCUT2D eigenvalue weighted by atomic mass is 35.5. The van der Waals surface area contributed by atoms with Gasteiger partial charge in [-0.15, -0.1) is 0 Å². The first-order valence-electron chi connectivity index (χ1n) is 5.94. The van der Waals surface area contributed by atoms with Crippen LogP contribution in [0.1, 0.15) is 15.9 Å². The third kappa shape index (κ3) is 3.13. The van der Waals surface area contributed by atoms with Crippen molar-refractivity contribution in [3.63, 3.8) is 0 Å². The predicted octanol–water partition coefficient (Wildman–Crippen LogP) is 3.70. The van der Waals surface area contributed by atoms with Crippen LogP contribution in [0.3, 0.4) is 0 Å². The molecule has 0 atom stereocenters. The lowest BCUT2D eigenvalue weighted by Crippen LogP contribution is -2.08. The molecule has 0 bridgehead atoms. The third-order valence-electron chi connectivity index (χ3n) is 2.71. The Hall–Kier alpha value is -2.39. The van der Waals surface area contributed by atoms with Gasteiger partial charge in [-0.1, -0.05) is 48.5 Å². The van der Waals surface area contributed by atoms with E-state index in [9.17, 15) is 9.59 Å². The standard InChI is InChI=1S/C16H12ClNO2/c1-2-15(19)18-14-9-8-12(10-13(14)17)16(20)11-6-4-3-5-7-11/h2-10H,1H2,(H,18,19). The normalized spacial score (nSPS) is 9.85. The van der Waals surface area contributed by atoms with Crippen molar-refractivity contribution in [2.75, 3.05) is 5.32 Å². The molecule has 2 rings (SSSR count). The minimum atomic E-state index is -0.353. The maximum atomic E-state index is 12.2. The molecule has 100 valence electrons. The molecule has 3 nitrogen and oxygen atoms in total. The van der Waals surface area contributed by atoms with Gasteiger partial charge in [0.25, 0.3) is 0 Å². The van der Waals surface area contributed by atoms with Gasteiger partial charge >= 0.3 is 0 Å². The van der Waals surface area contributed by atoms with E-state index < -0.39 is 0 Å². The van der Waals surface area contributed by atoms with E-state index in [1.807, 2.05) is 6.07 Å². The molecule has 0 saturated heterocycles. The summed E-state index contributed by atoms with van der Waals surface area (Å²) in [6.07, 6.45) is 1.15. The maximum absolute atomic E-state index is 12.2. The van der Waals surface area contributed by atoms with Gasteiger partial charge in [0.15, 0.2) is 5.78 Å². The van der Waals surface area contributed by atoms with Crippen LogP contribution in [-0.4, -0.2) is 11.7 Å². The van der Waals surface area contributed by atoms with Crippen LogP contribution in [0.5, 0.6) is 0 Å². The van der Waals surface area contributed by atoms with Crippen LogP contribution in [0, 0.1) is 0 Å². The number of hydrogen-bond acceptors (Lipinski definition) is 2. The van der Waals surface area contributed by atoms with Crippen LogP contribution in [0.15, 0.2) is 61.2 Å². The van der Waals surface area contributed by atoms with Gasteiger partial charge in [-0.05, 0) is 24.3 Å². The summed E-state index contributed by atoms with van der Waals surface area (Å²) >= 11 is 6.06. The predicted molar refractivity (Wildman–Crippen MR) is 80.2 cm³/mol. The summed E-state index contributed by atoms with van der Waals surface area (Å²) < 4.78 is 0. The molecule has 0 unspecified atom stereocenters. The fourth-order valence-electron chi connectivity index (χ4n) is 1.70. The van der Waals surface area contributed by atoms with Gasteiger partial charge in [-0.3, -0.25) is 9.59 Å². The molecule has 0 radical (unpaired) electrons. The number of nitrogens with one attached hydrogen (secondary N) is 1. The fourth-order valence-corrected chi connectivity index (χ4v) is 1.93. The van der Waals surface area contributed by atoms with Crippen molar-refractivity contribution in [1.82, 2.24) is 0 Å². The van der Waals surface area contributed by atoms with Gasteiger partial charge in [0.05, 0.1) is 10.7 Å². The Morgan fingerprint density at radius 1 is 1.05 bits per heavy atom. The van der Waals surface area contributed by atoms with Gasteiger partial charge in [0.1, 0.15) is 0 Å². The average Bonchev–Trinajstić information content (AvgIpc) is 2.49.